The van der Waals surface area contributed by atoms with Crippen LogP contribution in [-0.4, -0.2) is 25.0 Å². The predicted octanol–water partition coefficient (Wildman–Crippen LogP) is 2.94. The Kier molecular flexibility index (Phi) is 4.66. The predicted molar refractivity (Wildman–Crippen MR) is 98.5 cm³/mol. The second-order valence-corrected chi connectivity index (χ2v) is 8.46. The van der Waals surface area contributed by atoms with E-state index in [1.165, 1.54) is 26.3 Å². The van der Waals surface area contributed by atoms with Crippen LogP contribution in [0.25, 0.3) is 0 Å². The van der Waals surface area contributed by atoms with Gasteiger partial charge >= 0.3 is 12.0 Å². The second-order valence-electron chi connectivity index (χ2n) is 8.46. The molecule has 0 spiro atoms. The van der Waals surface area contributed by atoms with Crippen molar-refractivity contribution in [2.45, 2.75) is 44.6 Å². The summed E-state index contributed by atoms with van der Waals surface area (Å²) in [7, 11) is 1.43. The van der Waals surface area contributed by atoms with Crippen LogP contribution < -0.4 is 10.6 Å². The summed E-state index contributed by atoms with van der Waals surface area (Å²) in [5, 5.41) is 4.59. The lowest BCUT2D eigenvalue weighted by atomic mass is 9.49. The Morgan fingerprint density at radius 1 is 1.00 bits per heavy atom. The number of amides is 3. The van der Waals surface area contributed by atoms with Crippen molar-refractivity contribution in [2.75, 3.05) is 7.05 Å². The maximum atomic E-state index is 13.2. The Labute approximate surface area is 159 Å². The highest BCUT2D eigenvalue weighted by Crippen LogP contribution is 2.60. The number of nitrogens with one attached hydrogen (secondary N) is 2. The molecular formula is C21H26N2O4. The number of ether oxygens (including phenoxy) is 1. The Balaban J connectivity index is 1.55. The fraction of sp³-hybridized carbons (Fsp3) is 0.571. The first kappa shape index (κ1) is 18.0. The van der Waals surface area contributed by atoms with Gasteiger partial charge < -0.3 is 10.1 Å². The molecule has 4 aliphatic carbocycles. The first-order valence-corrected chi connectivity index (χ1v) is 9.78. The molecule has 4 aliphatic rings. The zero-order chi connectivity index (χ0) is 19.0. The third-order valence-corrected chi connectivity index (χ3v) is 6.50. The van der Waals surface area contributed by atoms with Gasteiger partial charge in [-0.25, -0.2) is 4.79 Å². The molecule has 144 valence electrons. The third-order valence-electron chi connectivity index (χ3n) is 6.50. The van der Waals surface area contributed by atoms with E-state index in [1.807, 2.05) is 6.07 Å². The number of carbonyl (C=O) groups is 3. The van der Waals surface area contributed by atoms with Crippen molar-refractivity contribution < 1.29 is 19.1 Å². The second kappa shape index (κ2) is 6.98. The molecule has 4 saturated carbocycles. The van der Waals surface area contributed by atoms with Gasteiger partial charge in [0.05, 0.1) is 5.41 Å². The van der Waals surface area contributed by atoms with Crippen molar-refractivity contribution in [3.05, 3.63) is 35.9 Å². The van der Waals surface area contributed by atoms with Crippen molar-refractivity contribution in [3.8, 4) is 0 Å². The normalized spacial score (nSPS) is 31.8. The van der Waals surface area contributed by atoms with Gasteiger partial charge in [-0.15, -0.1) is 0 Å². The molecule has 4 bridgehead atoms. The van der Waals surface area contributed by atoms with Crippen molar-refractivity contribution in [1.29, 1.82) is 0 Å². The van der Waals surface area contributed by atoms with E-state index in [-0.39, 0.29) is 5.97 Å². The SMILES string of the molecule is CNC(=O)NC(=O)[C@@H](OC(=O)C12CC3CC(CC(C3)C1)C2)c1ccccc1. The van der Waals surface area contributed by atoms with Gasteiger partial charge in [-0.1, -0.05) is 30.3 Å². The van der Waals surface area contributed by atoms with Crippen molar-refractivity contribution in [1.82, 2.24) is 10.6 Å². The van der Waals surface area contributed by atoms with Crippen molar-refractivity contribution in [2.24, 2.45) is 23.2 Å². The highest BCUT2D eigenvalue weighted by atomic mass is 16.5. The number of esters is 1. The van der Waals surface area contributed by atoms with Crippen LogP contribution >= 0.6 is 0 Å². The zero-order valence-electron chi connectivity index (χ0n) is 15.6. The average Bonchev–Trinajstić information content (AvgIpc) is 2.65. The molecule has 6 heteroatoms. The van der Waals surface area contributed by atoms with E-state index < -0.39 is 23.5 Å². The minimum Gasteiger partial charge on any atom is -0.447 e. The molecule has 1 aromatic carbocycles. The lowest BCUT2D eigenvalue weighted by molar-refractivity contribution is -0.179. The molecule has 0 aromatic heterocycles. The summed E-state index contributed by atoms with van der Waals surface area (Å²) in [6.45, 7) is 0. The number of rotatable bonds is 4. The summed E-state index contributed by atoms with van der Waals surface area (Å²) in [5.41, 5.74) is 0.117. The zero-order valence-corrected chi connectivity index (χ0v) is 15.6. The first-order chi connectivity index (χ1) is 13.0. The standard InChI is InChI=1S/C21H26N2O4/c1-22-20(26)23-18(24)17(16-5-3-2-4-6-16)27-19(25)21-10-13-7-14(11-21)9-15(8-13)12-21/h2-6,13-15,17H,7-12H2,1H3,(H2,22,23,24,26)/t13?,14?,15?,17-,21?/m0/s1. The van der Waals surface area contributed by atoms with Gasteiger partial charge in [0.1, 0.15) is 0 Å². The van der Waals surface area contributed by atoms with Gasteiger partial charge in [-0.3, -0.25) is 14.9 Å². The fourth-order valence-electron chi connectivity index (χ4n) is 5.73. The number of benzene rings is 1. The maximum absolute atomic E-state index is 13.2. The fourth-order valence-corrected chi connectivity index (χ4v) is 5.73. The Morgan fingerprint density at radius 2 is 1.56 bits per heavy atom. The quantitative estimate of drug-likeness (QED) is 0.798. The van der Waals surface area contributed by atoms with E-state index in [9.17, 15) is 14.4 Å². The molecule has 0 heterocycles. The molecule has 1 atom stereocenters. The van der Waals surface area contributed by atoms with Gasteiger partial charge in [-0.2, -0.15) is 0 Å². The molecule has 0 radical (unpaired) electrons. The van der Waals surface area contributed by atoms with Crippen LogP contribution in [0.2, 0.25) is 0 Å². The molecule has 1 aromatic rings. The summed E-state index contributed by atoms with van der Waals surface area (Å²) < 4.78 is 5.80. The van der Waals surface area contributed by atoms with E-state index in [0.29, 0.717) is 23.3 Å². The molecule has 4 fully saturated rings. The summed E-state index contributed by atoms with van der Waals surface area (Å²) in [6, 6.07) is 8.26. The minimum atomic E-state index is -1.12. The van der Waals surface area contributed by atoms with Crippen LogP contribution in [0.4, 0.5) is 4.79 Å². The van der Waals surface area contributed by atoms with Crippen LogP contribution in [0, 0.1) is 23.2 Å². The summed E-state index contributed by atoms with van der Waals surface area (Å²) >= 11 is 0. The van der Waals surface area contributed by atoms with Gasteiger partial charge in [0.2, 0.25) is 6.10 Å². The topological polar surface area (TPSA) is 84.5 Å². The Morgan fingerprint density at radius 3 is 2.07 bits per heavy atom. The minimum absolute atomic E-state index is 0.275. The summed E-state index contributed by atoms with van der Waals surface area (Å²) in [6.07, 6.45) is 5.18. The molecule has 0 unspecified atom stereocenters. The number of urea groups is 1. The van der Waals surface area contributed by atoms with E-state index in [0.717, 1.165) is 19.3 Å². The van der Waals surface area contributed by atoms with Gasteiger partial charge in [-0.05, 0) is 56.3 Å². The van der Waals surface area contributed by atoms with Gasteiger partial charge in [0.25, 0.3) is 5.91 Å². The molecule has 3 amide bonds. The highest BCUT2D eigenvalue weighted by Gasteiger charge is 2.56. The third kappa shape index (κ3) is 3.45. The molecule has 0 aliphatic heterocycles. The Hall–Kier alpha value is -2.37. The monoisotopic (exact) mass is 370 g/mol. The lowest BCUT2D eigenvalue weighted by Crippen LogP contribution is -2.51. The maximum Gasteiger partial charge on any atom is 0.321 e. The number of hydrogen-bond acceptors (Lipinski definition) is 4. The largest absolute Gasteiger partial charge is 0.447 e. The molecule has 0 saturated heterocycles. The number of imide groups is 1. The molecule has 2 N–H and O–H groups in total. The van der Waals surface area contributed by atoms with Crippen LogP contribution in [0.1, 0.15) is 50.2 Å². The van der Waals surface area contributed by atoms with Crippen LogP contribution in [0.5, 0.6) is 0 Å². The van der Waals surface area contributed by atoms with Crippen molar-refractivity contribution >= 4 is 17.9 Å². The summed E-state index contributed by atoms with van der Waals surface area (Å²) in [4.78, 5) is 37.4. The lowest BCUT2D eigenvalue weighted by Gasteiger charge is -2.55. The number of hydrogen-bond donors (Lipinski definition) is 2. The van der Waals surface area contributed by atoms with E-state index in [4.69, 9.17) is 4.74 Å². The van der Waals surface area contributed by atoms with Crippen molar-refractivity contribution in [3.63, 3.8) is 0 Å². The molecular weight excluding hydrogens is 344 g/mol. The van der Waals surface area contributed by atoms with Gasteiger partial charge in [0, 0.05) is 12.6 Å². The van der Waals surface area contributed by atoms with Gasteiger partial charge in [0.15, 0.2) is 0 Å². The van der Waals surface area contributed by atoms with Crippen LogP contribution in [-0.2, 0) is 14.3 Å². The first-order valence-electron chi connectivity index (χ1n) is 9.78. The Bertz CT molecular complexity index is 711. The smallest absolute Gasteiger partial charge is 0.321 e. The van der Waals surface area contributed by atoms with Crippen LogP contribution in [0.3, 0.4) is 0 Å². The van der Waals surface area contributed by atoms with Crippen LogP contribution in [0.15, 0.2) is 30.3 Å². The van der Waals surface area contributed by atoms with E-state index >= 15 is 0 Å². The molecule has 6 nitrogen and oxygen atoms in total. The number of carbonyl (C=O) groups excluding carboxylic acids is 3. The molecule has 27 heavy (non-hydrogen) atoms. The highest BCUT2D eigenvalue weighted by molar-refractivity contribution is 5.98. The average molecular weight is 370 g/mol. The van der Waals surface area contributed by atoms with E-state index in [1.54, 1.807) is 24.3 Å². The molecule has 5 rings (SSSR count). The van der Waals surface area contributed by atoms with E-state index in [2.05, 4.69) is 10.6 Å². The summed E-state index contributed by atoms with van der Waals surface area (Å²) in [5.74, 6) is 0.928.